The second kappa shape index (κ2) is 4.98. The first-order chi connectivity index (χ1) is 7.63. The molecule has 0 spiro atoms. The Morgan fingerprint density at radius 3 is 3.06 bits per heavy atom. The second-order valence-corrected chi connectivity index (χ2v) is 5.95. The molecule has 0 aliphatic heterocycles. The number of halogens is 2. The fourth-order valence-corrected chi connectivity index (χ4v) is 3.24. The lowest BCUT2D eigenvalue weighted by Crippen LogP contribution is -1.97. The van der Waals surface area contributed by atoms with Crippen LogP contribution in [0.5, 0.6) is 0 Å². The van der Waals surface area contributed by atoms with Crippen LogP contribution in [0.2, 0.25) is 5.02 Å². The van der Waals surface area contributed by atoms with Gasteiger partial charge in [-0.2, -0.15) is 0 Å². The summed E-state index contributed by atoms with van der Waals surface area (Å²) in [6.07, 6.45) is 0. The van der Waals surface area contributed by atoms with Crippen LogP contribution in [0.25, 0.3) is 10.2 Å². The van der Waals surface area contributed by atoms with Crippen molar-refractivity contribution in [3.05, 3.63) is 26.1 Å². The van der Waals surface area contributed by atoms with Crippen LogP contribution in [0.4, 0.5) is 0 Å². The minimum atomic E-state index is -0.290. The lowest BCUT2D eigenvalue weighted by molar-refractivity contribution is -0.0113. The van der Waals surface area contributed by atoms with Crippen molar-refractivity contribution >= 4 is 49.1 Å². The molecule has 1 aromatic carbocycles. The summed E-state index contributed by atoms with van der Waals surface area (Å²) in [6, 6.07) is 1.99. The number of rotatable bonds is 3. The number of thiazole rings is 1. The number of fused-ring (bicyclic) bond motifs is 1. The number of hydrogen-bond donors (Lipinski definition) is 1. The van der Waals surface area contributed by atoms with Crippen LogP contribution in [-0.4, -0.2) is 16.9 Å². The van der Waals surface area contributed by atoms with E-state index in [4.69, 9.17) is 21.4 Å². The first-order valence-corrected chi connectivity index (χ1v) is 6.55. The molecule has 86 valence electrons. The van der Waals surface area contributed by atoms with Crippen LogP contribution in [0.1, 0.15) is 11.1 Å². The molecule has 0 unspecified atom stereocenters. The van der Waals surface area contributed by atoms with Crippen LogP contribution in [0.15, 0.2) is 9.98 Å². The quantitative estimate of drug-likeness (QED) is 0.880. The number of aliphatic hydroxyl groups is 1. The van der Waals surface area contributed by atoms with E-state index in [1.54, 1.807) is 0 Å². The van der Waals surface area contributed by atoms with Gasteiger partial charge in [0, 0.05) is 0 Å². The maximum absolute atomic E-state index is 8.63. The first kappa shape index (κ1) is 12.3. The summed E-state index contributed by atoms with van der Waals surface area (Å²) >= 11 is 11.1. The maximum Gasteiger partial charge on any atom is 0.160 e. The number of benzene rings is 1. The zero-order valence-electron chi connectivity index (χ0n) is 8.46. The summed E-state index contributed by atoms with van der Waals surface area (Å²) in [7, 11) is 0. The summed E-state index contributed by atoms with van der Waals surface area (Å²) in [6.45, 7) is 1.99. The summed E-state index contributed by atoms with van der Waals surface area (Å²) < 4.78 is 6.80. The largest absolute Gasteiger partial charge is 0.371 e. The van der Waals surface area contributed by atoms with Gasteiger partial charge in [-0.05, 0) is 40.0 Å². The molecule has 0 bridgehead atoms. The lowest BCUT2D eigenvalue weighted by Gasteiger charge is -2.07. The van der Waals surface area contributed by atoms with Gasteiger partial charge in [-0.1, -0.05) is 11.6 Å². The molecule has 0 aliphatic carbocycles. The van der Waals surface area contributed by atoms with Gasteiger partial charge >= 0.3 is 0 Å². The summed E-state index contributed by atoms with van der Waals surface area (Å²) in [5.74, 6) is 0. The zero-order valence-corrected chi connectivity index (χ0v) is 11.6. The lowest BCUT2D eigenvalue weighted by atomic mass is 10.1. The van der Waals surface area contributed by atoms with Crippen LogP contribution in [-0.2, 0) is 11.3 Å². The Morgan fingerprint density at radius 2 is 2.38 bits per heavy atom. The van der Waals surface area contributed by atoms with E-state index in [0.29, 0.717) is 11.6 Å². The number of hydrogen-bond acceptors (Lipinski definition) is 4. The minimum absolute atomic E-state index is 0.290. The fraction of sp³-hybridized carbons (Fsp3) is 0.300. The van der Waals surface area contributed by atoms with Crippen molar-refractivity contribution in [1.29, 1.82) is 0 Å². The van der Waals surface area contributed by atoms with E-state index in [2.05, 4.69) is 20.9 Å². The maximum atomic E-state index is 8.63. The number of ether oxygens (including phenoxy) is 1. The molecule has 3 nitrogen and oxygen atoms in total. The Balaban J connectivity index is 2.54. The van der Waals surface area contributed by atoms with Gasteiger partial charge < -0.3 is 9.84 Å². The van der Waals surface area contributed by atoms with Gasteiger partial charge in [0.15, 0.2) is 3.92 Å². The first-order valence-electron chi connectivity index (χ1n) is 4.56. The minimum Gasteiger partial charge on any atom is -0.371 e. The molecule has 0 atom stereocenters. The molecule has 1 heterocycles. The van der Waals surface area contributed by atoms with E-state index in [9.17, 15) is 0 Å². The van der Waals surface area contributed by atoms with Crippen molar-refractivity contribution in [2.75, 3.05) is 6.79 Å². The zero-order chi connectivity index (χ0) is 11.7. The summed E-state index contributed by atoms with van der Waals surface area (Å²) in [5, 5.41) is 9.28. The number of aromatic nitrogens is 1. The number of aliphatic hydroxyl groups excluding tert-OH is 1. The van der Waals surface area contributed by atoms with Crippen molar-refractivity contribution in [2.24, 2.45) is 0 Å². The van der Waals surface area contributed by atoms with Gasteiger partial charge in [0.25, 0.3) is 0 Å². The standard InChI is InChI=1S/C10H9BrClNO2S/c1-5-6(3-15-4-14)2-7-9(8(5)12)13-10(11)16-7/h2,14H,3-4H2,1H3. The van der Waals surface area contributed by atoms with E-state index < -0.39 is 0 Å². The van der Waals surface area contributed by atoms with Crippen molar-refractivity contribution in [2.45, 2.75) is 13.5 Å². The molecule has 0 fully saturated rings. The van der Waals surface area contributed by atoms with Crippen molar-refractivity contribution < 1.29 is 9.84 Å². The van der Waals surface area contributed by atoms with E-state index in [-0.39, 0.29) is 6.79 Å². The van der Waals surface area contributed by atoms with Crippen molar-refractivity contribution in [3.8, 4) is 0 Å². The molecular weight excluding hydrogens is 314 g/mol. The van der Waals surface area contributed by atoms with E-state index in [1.165, 1.54) is 11.3 Å². The average Bonchev–Trinajstić information content (AvgIpc) is 2.62. The molecule has 0 amide bonds. The normalized spacial score (nSPS) is 11.2. The average molecular weight is 323 g/mol. The summed E-state index contributed by atoms with van der Waals surface area (Å²) in [5.41, 5.74) is 2.73. The van der Waals surface area contributed by atoms with Gasteiger partial charge in [0.05, 0.1) is 16.3 Å². The third kappa shape index (κ3) is 2.24. The fourth-order valence-electron chi connectivity index (χ4n) is 1.45. The molecular formula is C10H9BrClNO2S. The van der Waals surface area contributed by atoms with Crippen molar-refractivity contribution in [3.63, 3.8) is 0 Å². The molecule has 1 aromatic heterocycles. The molecule has 2 aromatic rings. The Hall–Kier alpha value is -0.200. The van der Waals surface area contributed by atoms with Gasteiger partial charge in [0.2, 0.25) is 0 Å². The Bertz CT molecular complexity index is 529. The Kier molecular flexibility index (Phi) is 3.81. The summed E-state index contributed by atoms with van der Waals surface area (Å²) in [4.78, 5) is 4.31. The molecule has 6 heteroatoms. The van der Waals surface area contributed by atoms with Crippen molar-refractivity contribution in [1.82, 2.24) is 4.98 Å². The number of nitrogens with zero attached hydrogens (tertiary/aromatic N) is 1. The SMILES string of the molecule is Cc1c(COCO)cc2sc(Br)nc2c1Cl. The smallest absolute Gasteiger partial charge is 0.160 e. The van der Waals surface area contributed by atoms with E-state index in [1.807, 2.05) is 13.0 Å². The van der Waals surface area contributed by atoms with Crippen LogP contribution in [0, 0.1) is 6.92 Å². The highest BCUT2D eigenvalue weighted by Crippen LogP contribution is 2.35. The van der Waals surface area contributed by atoms with Gasteiger partial charge in [-0.25, -0.2) is 4.98 Å². The van der Waals surface area contributed by atoms with E-state index >= 15 is 0 Å². The van der Waals surface area contributed by atoms with Crippen LogP contribution < -0.4 is 0 Å². The monoisotopic (exact) mass is 321 g/mol. The highest BCUT2D eigenvalue weighted by atomic mass is 79.9. The highest BCUT2D eigenvalue weighted by molar-refractivity contribution is 9.11. The molecule has 0 aliphatic rings. The highest BCUT2D eigenvalue weighted by Gasteiger charge is 2.12. The van der Waals surface area contributed by atoms with Gasteiger partial charge in [-0.3, -0.25) is 0 Å². The molecule has 2 rings (SSSR count). The van der Waals surface area contributed by atoms with Gasteiger partial charge in [0.1, 0.15) is 12.3 Å². The van der Waals surface area contributed by atoms with E-state index in [0.717, 1.165) is 25.3 Å². The van der Waals surface area contributed by atoms with Gasteiger partial charge in [-0.15, -0.1) is 11.3 Å². The molecule has 1 N–H and O–H groups in total. The predicted molar refractivity (Wildman–Crippen MR) is 68.9 cm³/mol. The third-order valence-electron chi connectivity index (χ3n) is 2.30. The topological polar surface area (TPSA) is 42.4 Å². The molecule has 0 saturated heterocycles. The molecule has 16 heavy (non-hydrogen) atoms. The van der Waals surface area contributed by atoms with Crippen LogP contribution in [0.3, 0.4) is 0 Å². The third-order valence-corrected chi connectivity index (χ3v) is 4.22. The van der Waals surface area contributed by atoms with Crippen LogP contribution >= 0.6 is 38.9 Å². The second-order valence-electron chi connectivity index (χ2n) is 3.27. The predicted octanol–water partition coefficient (Wildman–Crippen LogP) is 3.49. The Morgan fingerprint density at radius 1 is 1.62 bits per heavy atom. The molecule has 0 radical (unpaired) electrons. The molecule has 0 saturated carbocycles. The Labute approximate surface area is 110 Å².